The van der Waals surface area contributed by atoms with E-state index in [0.717, 1.165) is 18.2 Å². The lowest BCUT2D eigenvalue weighted by Gasteiger charge is -2.17. The van der Waals surface area contributed by atoms with Crippen LogP contribution in [0.3, 0.4) is 0 Å². The van der Waals surface area contributed by atoms with Gasteiger partial charge < -0.3 is 10.2 Å². The van der Waals surface area contributed by atoms with E-state index < -0.39 is 35.0 Å². The molecule has 0 spiro atoms. The molecule has 1 atom stereocenters. The zero-order valence-electron chi connectivity index (χ0n) is 12.7. The van der Waals surface area contributed by atoms with E-state index in [-0.39, 0.29) is 23.9 Å². The van der Waals surface area contributed by atoms with E-state index in [4.69, 9.17) is 11.6 Å². The van der Waals surface area contributed by atoms with E-state index >= 15 is 0 Å². The molecule has 0 radical (unpaired) electrons. The van der Waals surface area contributed by atoms with Crippen molar-refractivity contribution in [2.24, 2.45) is 5.92 Å². The second-order valence-corrected chi connectivity index (χ2v) is 6.00. The van der Waals surface area contributed by atoms with Crippen LogP contribution in [0, 0.1) is 23.4 Å². The molecule has 1 heterocycles. The van der Waals surface area contributed by atoms with Gasteiger partial charge in [-0.15, -0.1) is 0 Å². The van der Waals surface area contributed by atoms with Crippen LogP contribution >= 0.6 is 11.6 Å². The molecular formula is C17H12ClF3N2O2. The lowest BCUT2D eigenvalue weighted by Crippen LogP contribution is -2.28. The molecule has 0 aliphatic carbocycles. The maximum absolute atomic E-state index is 13.6. The molecule has 2 amide bonds. The average molecular weight is 369 g/mol. The van der Waals surface area contributed by atoms with Crippen molar-refractivity contribution in [3.63, 3.8) is 0 Å². The van der Waals surface area contributed by atoms with E-state index in [1.807, 2.05) is 0 Å². The molecule has 4 nitrogen and oxygen atoms in total. The quantitative estimate of drug-likeness (QED) is 0.897. The number of carbonyl (C=O) groups excluding carboxylic acids is 2. The molecular weight excluding hydrogens is 357 g/mol. The topological polar surface area (TPSA) is 49.4 Å². The van der Waals surface area contributed by atoms with Gasteiger partial charge in [0.25, 0.3) is 0 Å². The second kappa shape index (κ2) is 6.76. The molecule has 1 aliphatic rings. The van der Waals surface area contributed by atoms with E-state index in [1.54, 1.807) is 0 Å². The molecule has 1 aliphatic heterocycles. The molecule has 1 unspecified atom stereocenters. The molecule has 1 N–H and O–H groups in total. The minimum Gasteiger partial charge on any atom is -0.321 e. The molecule has 0 saturated carbocycles. The summed E-state index contributed by atoms with van der Waals surface area (Å²) in [6, 6.07) is 6.99. The Labute approximate surface area is 146 Å². The second-order valence-electron chi connectivity index (χ2n) is 5.59. The Hall–Kier alpha value is -2.54. The molecule has 0 bridgehead atoms. The van der Waals surface area contributed by atoms with Crippen LogP contribution in [0.5, 0.6) is 0 Å². The molecule has 1 fully saturated rings. The highest BCUT2D eigenvalue weighted by Crippen LogP contribution is 2.29. The van der Waals surface area contributed by atoms with E-state index in [0.29, 0.717) is 5.69 Å². The van der Waals surface area contributed by atoms with Gasteiger partial charge >= 0.3 is 0 Å². The van der Waals surface area contributed by atoms with Crippen LogP contribution in [0.4, 0.5) is 24.5 Å². The molecule has 3 rings (SSSR count). The standard InChI is InChI=1S/C17H12ClF3N2O2/c18-11-7-10(4-5-12(11)19)23-8-9(6-15(23)24)17(25)22-16-13(20)2-1-3-14(16)21/h1-5,7,9H,6,8H2,(H,22,25). The van der Waals surface area contributed by atoms with Crippen molar-refractivity contribution in [1.29, 1.82) is 0 Å². The van der Waals surface area contributed by atoms with Gasteiger partial charge in [-0.25, -0.2) is 13.2 Å². The first-order valence-corrected chi connectivity index (χ1v) is 7.75. The summed E-state index contributed by atoms with van der Waals surface area (Å²) in [5.74, 6) is -4.26. The lowest BCUT2D eigenvalue weighted by molar-refractivity contribution is -0.122. The Morgan fingerprint density at radius 3 is 2.44 bits per heavy atom. The number of hydrogen-bond donors (Lipinski definition) is 1. The van der Waals surface area contributed by atoms with Crippen molar-refractivity contribution in [3.8, 4) is 0 Å². The number of rotatable bonds is 3. The molecule has 0 aromatic heterocycles. The van der Waals surface area contributed by atoms with Crippen molar-refractivity contribution >= 4 is 34.8 Å². The normalized spacial score (nSPS) is 17.0. The van der Waals surface area contributed by atoms with Crippen molar-refractivity contribution in [1.82, 2.24) is 0 Å². The Balaban J connectivity index is 1.75. The summed E-state index contributed by atoms with van der Waals surface area (Å²) in [5, 5.41) is 2.03. The fourth-order valence-corrected chi connectivity index (χ4v) is 2.80. The van der Waals surface area contributed by atoms with Gasteiger partial charge in [0, 0.05) is 18.7 Å². The minimum atomic E-state index is -0.903. The number of amides is 2. The first kappa shape index (κ1) is 17.3. The SMILES string of the molecule is O=C(Nc1c(F)cccc1F)C1CC(=O)N(c2ccc(F)c(Cl)c2)C1. The summed E-state index contributed by atoms with van der Waals surface area (Å²) in [6.07, 6.45) is -0.128. The maximum Gasteiger partial charge on any atom is 0.229 e. The van der Waals surface area contributed by atoms with Crippen LogP contribution in [0.1, 0.15) is 6.42 Å². The highest BCUT2D eigenvalue weighted by atomic mass is 35.5. The molecule has 25 heavy (non-hydrogen) atoms. The van der Waals surface area contributed by atoms with Gasteiger partial charge in [-0.1, -0.05) is 17.7 Å². The zero-order valence-corrected chi connectivity index (χ0v) is 13.5. The third kappa shape index (κ3) is 3.46. The van der Waals surface area contributed by atoms with Gasteiger partial charge in [-0.05, 0) is 30.3 Å². The van der Waals surface area contributed by atoms with Gasteiger partial charge in [-0.2, -0.15) is 0 Å². The summed E-state index contributed by atoms with van der Waals surface area (Å²) >= 11 is 5.71. The van der Waals surface area contributed by atoms with Crippen LogP contribution in [0.2, 0.25) is 5.02 Å². The van der Waals surface area contributed by atoms with Gasteiger partial charge in [0.2, 0.25) is 11.8 Å². The fourth-order valence-electron chi connectivity index (χ4n) is 2.63. The summed E-state index contributed by atoms with van der Waals surface area (Å²) in [7, 11) is 0. The Kier molecular flexibility index (Phi) is 4.67. The number of nitrogens with one attached hydrogen (secondary N) is 1. The maximum atomic E-state index is 13.6. The number of para-hydroxylation sites is 1. The monoisotopic (exact) mass is 368 g/mol. The van der Waals surface area contributed by atoms with E-state index in [9.17, 15) is 22.8 Å². The summed E-state index contributed by atoms with van der Waals surface area (Å²) in [4.78, 5) is 25.7. The molecule has 1 saturated heterocycles. The fraction of sp³-hybridized carbons (Fsp3) is 0.176. The summed E-state index contributed by atoms with van der Waals surface area (Å²) in [5.41, 5.74) is -0.202. The number of nitrogens with zero attached hydrogens (tertiary/aromatic N) is 1. The van der Waals surface area contributed by atoms with Crippen LogP contribution < -0.4 is 10.2 Å². The number of hydrogen-bond acceptors (Lipinski definition) is 2. The molecule has 2 aromatic rings. The third-order valence-corrected chi connectivity index (χ3v) is 4.21. The minimum absolute atomic E-state index is 0.00268. The molecule has 130 valence electrons. The van der Waals surface area contributed by atoms with Gasteiger partial charge in [0.1, 0.15) is 23.1 Å². The van der Waals surface area contributed by atoms with Crippen molar-refractivity contribution in [2.75, 3.05) is 16.8 Å². The molecule has 8 heteroatoms. The number of halogens is 4. The van der Waals surface area contributed by atoms with E-state index in [2.05, 4.69) is 5.32 Å². The number of anilines is 2. The van der Waals surface area contributed by atoms with Gasteiger partial charge in [0.15, 0.2) is 0 Å². The largest absolute Gasteiger partial charge is 0.321 e. The average Bonchev–Trinajstić information content (AvgIpc) is 2.95. The van der Waals surface area contributed by atoms with Crippen LogP contribution in [0.15, 0.2) is 36.4 Å². The van der Waals surface area contributed by atoms with Crippen molar-refractivity contribution < 1.29 is 22.8 Å². The smallest absolute Gasteiger partial charge is 0.229 e. The van der Waals surface area contributed by atoms with Crippen molar-refractivity contribution in [2.45, 2.75) is 6.42 Å². The number of benzene rings is 2. The van der Waals surface area contributed by atoms with Crippen molar-refractivity contribution in [3.05, 3.63) is 58.9 Å². The summed E-state index contributed by atoms with van der Waals surface area (Å²) < 4.78 is 40.5. The number of carbonyl (C=O) groups is 2. The first-order chi connectivity index (χ1) is 11.9. The van der Waals surface area contributed by atoms with Crippen LogP contribution in [-0.4, -0.2) is 18.4 Å². The van der Waals surface area contributed by atoms with Crippen LogP contribution in [-0.2, 0) is 9.59 Å². The first-order valence-electron chi connectivity index (χ1n) is 7.37. The van der Waals surface area contributed by atoms with E-state index in [1.165, 1.54) is 23.1 Å². The van der Waals surface area contributed by atoms with Gasteiger partial charge in [-0.3, -0.25) is 9.59 Å². The predicted octanol–water partition coefficient (Wildman–Crippen LogP) is 3.75. The Bertz CT molecular complexity index is 840. The molecule has 2 aromatic carbocycles. The van der Waals surface area contributed by atoms with Crippen LogP contribution in [0.25, 0.3) is 0 Å². The summed E-state index contributed by atoms with van der Waals surface area (Å²) in [6.45, 7) is 0.00268. The Morgan fingerprint density at radius 2 is 1.80 bits per heavy atom. The highest BCUT2D eigenvalue weighted by Gasteiger charge is 2.35. The lowest BCUT2D eigenvalue weighted by atomic mass is 10.1. The predicted molar refractivity (Wildman–Crippen MR) is 86.9 cm³/mol. The highest BCUT2D eigenvalue weighted by molar-refractivity contribution is 6.31. The Morgan fingerprint density at radius 1 is 1.12 bits per heavy atom. The zero-order chi connectivity index (χ0) is 18.1. The third-order valence-electron chi connectivity index (χ3n) is 3.92. The van der Waals surface area contributed by atoms with Gasteiger partial charge in [0.05, 0.1) is 10.9 Å².